The maximum Gasteiger partial charge on any atom is 0.410 e. The van der Waals surface area contributed by atoms with Crippen LogP contribution in [0, 0.1) is 0 Å². The Morgan fingerprint density at radius 1 is 1.47 bits per heavy atom. The molecule has 4 nitrogen and oxygen atoms in total. The van der Waals surface area contributed by atoms with Crippen LogP contribution >= 0.6 is 0 Å². The number of alkyl halides is 1. The fourth-order valence-electron chi connectivity index (χ4n) is 3.38. The molecule has 0 aromatic rings. The molecule has 2 aliphatic rings. The smallest absolute Gasteiger partial charge is 0.410 e. The van der Waals surface area contributed by atoms with Crippen LogP contribution in [-0.4, -0.2) is 40.6 Å². The van der Waals surface area contributed by atoms with Crippen LogP contribution in [0.2, 0.25) is 0 Å². The molecule has 5 heteroatoms. The minimum Gasteiger partial charge on any atom is -0.449 e. The van der Waals surface area contributed by atoms with E-state index in [4.69, 9.17) is 4.74 Å². The molecule has 0 aliphatic carbocycles. The van der Waals surface area contributed by atoms with Gasteiger partial charge in [0.25, 0.3) is 0 Å². The zero-order valence-corrected chi connectivity index (χ0v) is 11.9. The van der Waals surface area contributed by atoms with Crippen molar-refractivity contribution in [1.82, 2.24) is 4.90 Å². The average molecular weight is 271 g/mol. The highest BCUT2D eigenvalue weighted by Crippen LogP contribution is 2.50. The largest absolute Gasteiger partial charge is 0.449 e. The highest BCUT2D eigenvalue weighted by atomic mass is 19.1. The van der Waals surface area contributed by atoms with E-state index in [2.05, 4.69) is 0 Å². The normalized spacial score (nSPS) is 37.6. The lowest BCUT2D eigenvalue weighted by molar-refractivity contribution is -0.138. The van der Waals surface area contributed by atoms with Crippen molar-refractivity contribution < 1.29 is 18.7 Å². The number of hydrogen-bond acceptors (Lipinski definition) is 3. The molecule has 0 aromatic carbocycles. The summed E-state index contributed by atoms with van der Waals surface area (Å²) in [5.74, 6) is -0.389. The van der Waals surface area contributed by atoms with Gasteiger partial charge in [-0.05, 0) is 33.1 Å². The van der Waals surface area contributed by atoms with E-state index in [9.17, 15) is 14.0 Å². The van der Waals surface area contributed by atoms with Crippen molar-refractivity contribution in [3.8, 4) is 0 Å². The predicted octanol–water partition coefficient (Wildman–Crippen LogP) is 2.85. The lowest BCUT2D eigenvalue weighted by atomic mass is 9.83. The molecule has 108 valence electrons. The van der Waals surface area contributed by atoms with Gasteiger partial charge >= 0.3 is 6.09 Å². The number of ketones is 1. The Kier molecular flexibility index (Phi) is 3.58. The summed E-state index contributed by atoms with van der Waals surface area (Å²) >= 11 is 0. The van der Waals surface area contributed by atoms with Crippen LogP contribution in [0.1, 0.15) is 52.9 Å². The summed E-state index contributed by atoms with van der Waals surface area (Å²) in [5, 5.41) is 0. The molecule has 0 radical (unpaired) electrons. The molecule has 0 spiro atoms. The highest BCUT2D eigenvalue weighted by Gasteiger charge is 2.63. The fraction of sp³-hybridized carbons (Fsp3) is 0.857. The van der Waals surface area contributed by atoms with Gasteiger partial charge in [-0.1, -0.05) is 13.3 Å². The topological polar surface area (TPSA) is 46.6 Å². The Bertz CT molecular complexity index is 400. The maximum absolute atomic E-state index is 14.2. The van der Waals surface area contributed by atoms with Crippen molar-refractivity contribution in [2.24, 2.45) is 0 Å². The summed E-state index contributed by atoms with van der Waals surface area (Å²) in [7, 11) is 0. The van der Waals surface area contributed by atoms with E-state index in [1.807, 2.05) is 13.8 Å². The van der Waals surface area contributed by atoms with Crippen molar-refractivity contribution in [3.63, 3.8) is 0 Å². The Labute approximate surface area is 113 Å². The Hall–Kier alpha value is -1.13. The van der Waals surface area contributed by atoms with Gasteiger partial charge in [0.1, 0.15) is 0 Å². The number of Topliss-reactive ketones (excluding diaryl/α,β-unsaturated/α-hetero) is 1. The number of nitrogens with zero attached hydrogens (tertiary/aromatic N) is 1. The van der Waals surface area contributed by atoms with E-state index in [0.717, 1.165) is 12.8 Å². The minimum atomic E-state index is -1.60. The lowest BCUT2D eigenvalue weighted by Gasteiger charge is -2.47. The second kappa shape index (κ2) is 4.76. The van der Waals surface area contributed by atoms with Gasteiger partial charge in [0, 0.05) is 6.42 Å². The average Bonchev–Trinajstić information content (AvgIpc) is 2.57. The van der Waals surface area contributed by atoms with Crippen LogP contribution in [0.15, 0.2) is 0 Å². The van der Waals surface area contributed by atoms with Gasteiger partial charge in [0.2, 0.25) is 0 Å². The zero-order valence-electron chi connectivity index (χ0n) is 11.9. The highest BCUT2D eigenvalue weighted by molar-refractivity contribution is 5.89. The van der Waals surface area contributed by atoms with Crippen LogP contribution in [0.3, 0.4) is 0 Å². The molecule has 2 saturated heterocycles. The molecule has 0 aromatic heterocycles. The molecule has 19 heavy (non-hydrogen) atoms. The number of hydrogen-bond donors (Lipinski definition) is 0. The predicted molar refractivity (Wildman–Crippen MR) is 68.7 cm³/mol. The number of carbonyl (C=O) groups is 2. The third kappa shape index (κ3) is 2.13. The van der Waals surface area contributed by atoms with Crippen molar-refractivity contribution in [1.29, 1.82) is 0 Å². The second-order valence-corrected chi connectivity index (χ2v) is 6.16. The third-order valence-corrected chi connectivity index (χ3v) is 4.51. The number of fused-ring (bicyclic) bond motifs is 2. The zero-order chi connectivity index (χ0) is 14.3. The summed E-state index contributed by atoms with van der Waals surface area (Å²) < 4.78 is 19.4. The fourth-order valence-corrected chi connectivity index (χ4v) is 3.38. The molecule has 0 saturated carbocycles. The maximum atomic E-state index is 14.2. The summed E-state index contributed by atoms with van der Waals surface area (Å²) in [6, 6.07) is 0. The molecule has 2 aliphatic heterocycles. The molecule has 1 amide bonds. The van der Waals surface area contributed by atoms with Gasteiger partial charge in [0.05, 0.1) is 17.7 Å². The summed E-state index contributed by atoms with van der Waals surface area (Å²) in [5.41, 5.74) is -1.62. The van der Waals surface area contributed by atoms with E-state index >= 15 is 0 Å². The summed E-state index contributed by atoms with van der Waals surface area (Å²) in [6.07, 6.45) is 0.912. The van der Waals surface area contributed by atoms with Crippen molar-refractivity contribution in [2.45, 2.75) is 70.1 Å². The number of amides is 1. The SMILES string of the molecule is CCCCOC(=O)N1[C@]2(C)CC[C@@]1(C)[C@@H](F)C(=O)C2. The number of ether oxygens (including phenoxy) is 1. The summed E-state index contributed by atoms with van der Waals surface area (Å²) in [4.78, 5) is 25.5. The number of piperidine rings is 1. The Morgan fingerprint density at radius 3 is 2.79 bits per heavy atom. The molecule has 2 heterocycles. The lowest BCUT2D eigenvalue weighted by Crippen LogP contribution is -2.65. The van der Waals surface area contributed by atoms with Crippen LogP contribution < -0.4 is 0 Å². The summed E-state index contributed by atoms with van der Waals surface area (Å²) in [6.45, 7) is 5.87. The molecule has 2 fully saturated rings. The first kappa shape index (κ1) is 14.3. The van der Waals surface area contributed by atoms with Gasteiger partial charge in [-0.15, -0.1) is 0 Å². The van der Waals surface area contributed by atoms with Gasteiger partial charge in [0.15, 0.2) is 12.0 Å². The molecule has 3 atom stereocenters. The van der Waals surface area contributed by atoms with Crippen molar-refractivity contribution >= 4 is 11.9 Å². The Balaban J connectivity index is 2.19. The van der Waals surface area contributed by atoms with Crippen LogP contribution in [0.4, 0.5) is 9.18 Å². The van der Waals surface area contributed by atoms with Gasteiger partial charge in [-0.3, -0.25) is 9.69 Å². The molecule has 0 N–H and O–H groups in total. The molecular weight excluding hydrogens is 249 g/mol. The number of carbonyl (C=O) groups excluding carboxylic acids is 2. The van der Waals surface area contributed by atoms with E-state index in [0.29, 0.717) is 19.4 Å². The Morgan fingerprint density at radius 2 is 2.16 bits per heavy atom. The van der Waals surface area contributed by atoms with E-state index in [1.54, 1.807) is 6.92 Å². The van der Waals surface area contributed by atoms with Crippen LogP contribution in [0.25, 0.3) is 0 Å². The third-order valence-electron chi connectivity index (χ3n) is 4.51. The molecule has 0 unspecified atom stereocenters. The number of halogens is 1. The van der Waals surface area contributed by atoms with Crippen molar-refractivity contribution in [2.75, 3.05) is 6.61 Å². The molecule has 2 bridgehead atoms. The van der Waals surface area contributed by atoms with E-state index < -0.39 is 23.3 Å². The van der Waals surface area contributed by atoms with Crippen LogP contribution in [0.5, 0.6) is 0 Å². The van der Waals surface area contributed by atoms with E-state index in [1.165, 1.54) is 4.90 Å². The quantitative estimate of drug-likeness (QED) is 0.741. The second-order valence-electron chi connectivity index (χ2n) is 6.16. The first-order valence-electron chi connectivity index (χ1n) is 6.99. The van der Waals surface area contributed by atoms with Crippen molar-refractivity contribution in [3.05, 3.63) is 0 Å². The van der Waals surface area contributed by atoms with E-state index in [-0.39, 0.29) is 12.2 Å². The van der Waals surface area contributed by atoms with Gasteiger partial charge < -0.3 is 4.74 Å². The standard InChI is InChI=1S/C14H22FNO3/c1-4-5-8-19-12(18)16-13(2)6-7-14(16,3)11(15)10(17)9-13/h11H,4-9H2,1-3H3/t11-,13+,14-/m0/s1. The first-order valence-corrected chi connectivity index (χ1v) is 6.99. The molecular formula is C14H22FNO3. The van der Waals surface area contributed by atoms with Gasteiger partial charge in [-0.25, -0.2) is 9.18 Å². The monoisotopic (exact) mass is 271 g/mol. The first-order chi connectivity index (χ1) is 8.85. The van der Waals surface area contributed by atoms with Gasteiger partial charge in [-0.2, -0.15) is 0 Å². The number of unbranched alkanes of at least 4 members (excludes halogenated alkanes) is 1. The minimum absolute atomic E-state index is 0.0899. The number of rotatable bonds is 3. The van der Waals surface area contributed by atoms with Crippen LogP contribution in [-0.2, 0) is 9.53 Å². The molecule has 2 rings (SSSR count).